The molecule has 4 heteroatoms. The van der Waals surface area contributed by atoms with Gasteiger partial charge < -0.3 is 10.0 Å². The number of carboxylic acid groups (broad SMARTS) is 1. The number of likely N-dealkylation sites (tertiary alicyclic amines) is 1. The van der Waals surface area contributed by atoms with Crippen LogP contribution in [0, 0.1) is 5.41 Å². The van der Waals surface area contributed by atoms with Crippen LogP contribution in [0.1, 0.15) is 37.5 Å². The zero-order valence-corrected chi connectivity index (χ0v) is 12.4. The molecule has 1 aromatic rings. The minimum Gasteiger partial charge on any atom is -0.481 e. The third-order valence-electron chi connectivity index (χ3n) is 4.25. The van der Waals surface area contributed by atoms with Crippen molar-refractivity contribution in [1.82, 2.24) is 4.90 Å². The van der Waals surface area contributed by atoms with Crippen molar-refractivity contribution in [2.45, 2.75) is 39.0 Å². The van der Waals surface area contributed by atoms with E-state index in [1.807, 2.05) is 0 Å². The van der Waals surface area contributed by atoms with Crippen LogP contribution in [-0.4, -0.2) is 35.6 Å². The lowest BCUT2D eigenvalue weighted by atomic mass is 9.75. The number of piperidine rings is 1. The molecule has 1 N–H and O–H groups in total. The van der Waals surface area contributed by atoms with Gasteiger partial charge in [-0.15, -0.1) is 11.3 Å². The van der Waals surface area contributed by atoms with E-state index in [4.69, 9.17) is 0 Å². The van der Waals surface area contributed by atoms with Crippen LogP contribution in [0.3, 0.4) is 0 Å². The standard InChI is InChI=1S/C15H23NO2S/c1-2-6-15(14(17)18)7-10-16(11-8-15)9-5-13-4-3-12-19-13/h3-4,12H,2,5-11H2,1H3,(H,17,18). The Morgan fingerprint density at radius 1 is 1.47 bits per heavy atom. The van der Waals surface area contributed by atoms with Crippen molar-refractivity contribution in [3.8, 4) is 0 Å². The quantitative estimate of drug-likeness (QED) is 0.870. The van der Waals surface area contributed by atoms with Gasteiger partial charge in [0.1, 0.15) is 0 Å². The number of hydrogen-bond donors (Lipinski definition) is 1. The summed E-state index contributed by atoms with van der Waals surface area (Å²) in [5.41, 5.74) is -0.450. The van der Waals surface area contributed by atoms with E-state index >= 15 is 0 Å². The summed E-state index contributed by atoms with van der Waals surface area (Å²) in [5.74, 6) is -0.591. The molecule has 0 aromatic carbocycles. The second-order valence-corrected chi connectivity index (χ2v) is 6.54. The van der Waals surface area contributed by atoms with Gasteiger partial charge in [-0.2, -0.15) is 0 Å². The zero-order chi connectivity index (χ0) is 13.7. The van der Waals surface area contributed by atoms with Gasteiger partial charge in [-0.05, 0) is 50.2 Å². The van der Waals surface area contributed by atoms with Crippen LogP contribution in [0.25, 0.3) is 0 Å². The van der Waals surface area contributed by atoms with Crippen molar-refractivity contribution >= 4 is 17.3 Å². The summed E-state index contributed by atoms with van der Waals surface area (Å²) < 4.78 is 0. The summed E-state index contributed by atoms with van der Waals surface area (Å²) in [6, 6.07) is 4.26. The van der Waals surface area contributed by atoms with Crippen molar-refractivity contribution in [1.29, 1.82) is 0 Å². The summed E-state index contributed by atoms with van der Waals surface area (Å²) in [6.45, 7) is 4.99. The summed E-state index contributed by atoms with van der Waals surface area (Å²) in [4.78, 5) is 15.3. The number of thiophene rings is 1. The van der Waals surface area contributed by atoms with Gasteiger partial charge in [-0.25, -0.2) is 0 Å². The van der Waals surface area contributed by atoms with Gasteiger partial charge in [0.2, 0.25) is 0 Å². The van der Waals surface area contributed by atoms with E-state index in [2.05, 4.69) is 29.3 Å². The molecule has 19 heavy (non-hydrogen) atoms. The Bertz CT molecular complexity index is 394. The smallest absolute Gasteiger partial charge is 0.309 e. The van der Waals surface area contributed by atoms with Gasteiger partial charge in [0, 0.05) is 11.4 Å². The first-order valence-corrected chi connectivity index (χ1v) is 8.02. The molecular weight excluding hydrogens is 258 g/mol. The minimum atomic E-state index is -0.591. The SMILES string of the molecule is CCCC1(C(=O)O)CCN(CCc2cccs2)CC1. The largest absolute Gasteiger partial charge is 0.481 e. The van der Waals surface area contributed by atoms with E-state index < -0.39 is 11.4 Å². The number of rotatable bonds is 6. The predicted octanol–water partition coefficient (Wildman–Crippen LogP) is 3.26. The van der Waals surface area contributed by atoms with Crippen molar-refractivity contribution in [2.24, 2.45) is 5.41 Å². The Kier molecular flexibility index (Phi) is 4.99. The number of carboxylic acids is 1. The van der Waals surface area contributed by atoms with Gasteiger partial charge in [0.15, 0.2) is 0 Å². The van der Waals surface area contributed by atoms with Gasteiger partial charge in [-0.3, -0.25) is 4.79 Å². The molecule has 0 unspecified atom stereocenters. The van der Waals surface area contributed by atoms with Gasteiger partial charge in [0.25, 0.3) is 0 Å². The fourth-order valence-electron chi connectivity index (χ4n) is 2.98. The Morgan fingerprint density at radius 2 is 2.21 bits per heavy atom. The van der Waals surface area contributed by atoms with E-state index in [0.717, 1.165) is 51.7 Å². The lowest BCUT2D eigenvalue weighted by Gasteiger charge is -2.38. The Labute approximate surface area is 119 Å². The second kappa shape index (κ2) is 6.53. The van der Waals surface area contributed by atoms with Crippen LogP contribution in [0.15, 0.2) is 17.5 Å². The first-order valence-electron chi connectivity index (χ1n) is 7.14. The maximum Gasteiger partial charge on any atom is 0.309 e. The predicted molar refractivity (Wildman–Crippen MR) is 78.7 cm³/mol. The maximum atomic E-state index is 11.5. The van der Waals surface area contributed by atoms with E-state index in [1.54, 1.807) is 11.3 Å². The van der Waals surface area contributed by atoms with Crippen LogP contribution >= 0.6 is 11.3 Å². The molecule has 0 amide bonds. The monoisotopic (exact) mass is 281 g/mol. The molecule has 1 aliphatic rings. The molecule has 1 aliphatic heterocycles. The van der Waals surface area contributed by atoms with Crippen molar-refractivity contribution < 1.29 is 9.90 Å². The highest BCUT2D eigenvalue weighted by molar-refractivity contribution is 7.09. The fraction of sp³-hybridized carbons (Fsp3) is 0.667. The maximum absolute atomic E-state index is 11.5. The van der Waals surface area contributed by atoms with Gasteiger partial charge >= 0.3 is 5.97 Å². The Morgan fingerprint density at radius 3 is 2.74 bits per heavy atom. The number of nitrogens with zero attached hydrogens (tertiary/aromatic N) is 1. The molecule has 0 saturated carbocycles. The van der Waals surface area contributed by atoms with Gasteiger partial charge in [-0.1, -0.05) is 19.4 Å². The molecule has 1 fully saturated rings. The summed E-state index contributed by atoms with van der Waals surface area (Å²) in [6.07, 6.45) is 4.48. The molecule has 1 saturated heterocycles. The minimum absolute atomic E-state index is 0.450. The first-order chi connectivity index (χ1) is 9.16. The van der Waals surface area contributed by atoms with Crippen LogP contribution in [0.2, 0.25) is 0 Å². The van der Waals surface area contributed by atoms with E-state index in [0.29, 0.717) is 0 Å². The van der Waals surface area contributed by atoms with Gasteiger partial charge in [0.05, 0.1) is 5.41 Å². The average Bonchev–Trinajstić information content (AvgIpc) is 2.91. The Hall–Kier alpha value is -0.870. The van der Waals surface area contributed by atoms with Crippen LogP contribution in [0.4, 0.5) is 0 Å². The van der Waals surface area contributed by atoms with E-state index in [1.165, 1.54) is 4.88 Å². The Balaban J connectivity index is 1.82. The molecular formula is C15H23NO2S. The number of carbonyl (C=O) groups is 1. The molecule has 0 bridgehead atoms. The molecule has 2 heterocycles. The molecule has 1 aromatic heterocycles. The first kappa shape index (κ1) is 14.5. The molecule has 0 spiro atoms. The lowest BCUT2D eigenvalue weighted by molar-refractivity contribution is -0.152. The average molecular weight is 281 g/mol. The van der Waals surface area contributed by atoms with Crippen LogP contribution < -0.4 is 0 Å². The molecule has 0 aliphatic carbocycles. The molecule has 2 rings (SSSR count). The zero-order valence-electron chi connectivity index (χ0n) is 11.6. The number of aliphatic carboxylic acids is 1. The van der Waals surface area contributed by atoms with E-state index in [-0.39, 0.29) is 0 Å². The van der Waals surface area contributed by atoms with Crippen molar-refractivity contribution in [3.63, 3.8) is 0 Å². The highest BCUT2D eigenvalue weighted by Gasteiger charge is 2.40. The summed E-state index contributed by atoms with van der Waals surface area (Å²) >= 11 is 1.80. The highest BCUT2D eigenvalue weighted by Crippen LogP contribution is 2.36. The molecule has 0 radical (unpaired) electrons. The van der Waals surface area contributed by atoms with Crippen LogP contribution in [0.5, 0.6) is 0 Å². The van der Waals surface area contributed by atoms with Crippen LogP contribution in [-0.2, 0) is 11.2 Å². The fourth-order valence-corrected chi connectivity index (χ4v) is 3.68. The normalized spacial score (nSPS) is 19.4. The van der Waals surface area contributed by atoms with E-state index in [9.17, 15) is 9.90 Å². The third-order valence-corrected chi connectivity index (χ3v) is 5.19. The van der Waals surface area contributed by atoms with Crippen molar-refractivity contribution in [2.75, 3.05) is 19.6 Å². The topological polar surface area (TPSA) is 40.5 Å². The number of hydrogen-bond acceptors (Lipinski definition) is 3. The molecule has 106 valence electrons. The lowest BCUT2D eigenvalue weighted by Crippen LogP contribution is -2.44. The summed E-state index contributed by atoms with van der Waals surface area (Å²) in [7, 11) is 0. The molecule has 0 atom stereocenters. The van der Waals surface area contributed by atoms with Crippen molar-refractivity contribution in [3.05, 3.63) is 22.4 Å². The summed E-state index contributed by atoms with van der Waals surface area (Å²) in [5, 5.41) is 11.6. The third kappa shape index (κ3) is 3.57. The second-order valence-electron chi connectivity index (χ2n) is 5.51. The highest BCUT2D eigenvalue weighted by atomic mass is 32.1. The molecule has 3 nitrogen and oxygen atoms in total.